The number of aliphatic hydroxyl groups excluding tert-OH is 2. The smallest absolute Gasteiger partial charge is 0.105 e. The van der Waals surface area contributed by atoms with Gasteiger partial charge in [0.2, 0.25) is 0 Å². The second kappa shape index (κ2) is 6.68. The first kappa shape index (κ1) is 13.2. The van der Waals surface area contributed by atoms with Gasteiger partial charge in [-0.2, -0.15) is 0 Å². The Morgan fingerprint density at radius 2 is 2.12 bits per heavy atom. The van der Waals surface area contributed by atoms with E-state index in [9.17, 15) is 0 Å². The summed E-state index contributed by atoms with van der Waals surface area (Å²) in [6.45, 7) is 2.93. The minimum atomic E-state index is 0.0288. The summed E-state index contributed by atoms with van der Waals surface area (Å²) in [4.78, 5) is 2.05. The highest BCUT2D eigenvalue weighted by molar-refractivity contribution is 5.05. The van der Waals surface area contributed by atoms with Crippen molar-refractivity contribution in [3.63, 3.8) is 0 Å². The molecule has 92 valence electrons. The molecule has 1 aromatic rings. The van der Waals surface area contributed by atoms with Gasteiger partial charge in [0.15, 0.2) is 0 Å². The molecule has 4 nitrogen and oxygen atoms in total. The minimum Gasteiger partial charge on any atom is -0.466 e. The Morgan fingerprint density at radius 3 is 2.62 bits per heavy atom. The quantitative estimate of drug-likeness (QED) is 0.723. The summed E-state index contributed by atoms with van der Waals surface area (Å²) in [6, 6.07) is 3.96. The van der Waals surface area contributed by atoms with Gasteiger partial charge in [-0.15, -0.1) is 0 Å². The Labute approximate surface area is 96.5 Å². The van der Waals surface area contributed by atoms with Gasteiger partial charge in [-0.1, -0.05) is 0 Å². The summed E-state index contributed by atoms with van der Waals surface area (Å²) in [5, 5.41) is 18.0. The molecule has 1 aromatic heterocycles. The van der Waals surface area contributed by atoms with Crippen molar-refractivity contribution >= 4 is 0 Å². The Bertz CT molecular complexity index is 298. The molecule has 0 aliphatic carbocycles. The van der Waals surface area contributed by atoms with Crippen molar-refractivity contribution in [3.8, 4) is 0 Å². The fraction of sp³-hybridized carbons (Fsp3) is 0.667. The first-order valence-corrected chi connectivity index (χ1v) is 5.64. The molecule has 0 spiro atoms. The van der Waals surface area contributed by atoms with Crippen LogP contribution in [0.15, 0.2) is 16.5 Å². The van der Waals surface area contributed by atoms with Gasteiger partial charge >= 0.3 is 0 Å². The highest BCUT2D eigenvalue weighted by Gasteiger charge is 2.13. The third-order valence-corrected chi connectivity index (χ3v) is 2.80. The maximum atomic E-state index is 9.15. The van der Waals surface area contributed by atoms with Crippen LogP contribution in [-0.4, -0.2) is 48.0 Å². The zero-order valence-electron chi connectivity index (χ0n) is 10.0. The fourth-order valence-corrected chi connectivity index (χ4v) is 1.69. The number of aryl methyl sites for hydroxylation is 1. The van der Waals surface area contributed by atoms with E-state index in [2.05, 4.69) is 0 Å². The summed E-state index contributed by atoms with van der Waals surface area (Å²) >= 11 is 0. The van der Waals surface area contributed by atoms with Gasteiger partial charge in [0, 0.05) is 25.6 Å². The Balaban J connectivity index is 2.36. The molecule has 0 radical (unpaired) electrons. The highest BCUT2D eigenvalue weighted by Crippen LogP contribution is 2.09. The van der Waals surface area contributed by atoms with Crippen LogP contribution < -0.4 is 0 Å². The third kappa shape index (κ3) is 3.96. The van der Waals surface area contributed by atoms with Crippen LogP contribution in [0, 0.1) is 6.92 Å². The Morgan fingerprint density at radius 1 is 1.38 bits per heavy atom. The predicted octanol–water partition coefficient (Wildman–Crippen LogP) is 0.806. The number of likely N-dealkylation sites (N-methyl/N-ethyl adjacent to an activating group) is 1. The minimum absolute atomic E-state index is 0.0288. The molecule has 0 fully saturated rings. The van der Waals surface area contributed by atoms with Gasteiger partial charge < -0.3 is 19.5 Å². The van der Waals surface area contributed by atoms with E-state index in [4.69, 9.17) is 14.6 Å². The lowest BCUT2D eigenvalue weighted by Crippen LogP contribution is -2.36. The van der Waals surface area contributed by atoms with E-state index in [0.29, 0.717) is 6.42 Å². The van der Waals surface area contributed by atoms with Crippen molar-refractivity contribution in [1.82, 2.24) is 4.90 Å². The van der Waals surface area contributed by atoms with Gasteiger partial charge in [-0.3, -0.25) is 0 Å². The van der Waals surface area contributed by atoms with Crippen molar-refractivity contribution in [1.29, 1.82) is 0 Å². The molecule has 0 aliphatic heterocycles. The first-order valence-electron chi connectivity index (χ1n) is 5.64. The van der Waals surface area contributed by atoms with Crippen LogP contribution in [0.2, 0.25) is 0 Å². The molecule has 0 aromatic carbocycles. The van der Waals surface area contributed by atoms with Crippen molar-refractivity contribution in [2.45, 2.75) is 25.8 Å². The normalized spacial score (nSPS) is 13.3. The number of hydrogen-bond acceptors (Lipinski definition) is 4. The van der Waals surface area contributed by atoms with Crippen LogP contribution in [0.5, 0.6) is 0 Å². The van der Waals surface area contributed by atoms with E-state index >= 15 is 0 Å². The maximum Gasteiger partial charge on any atom is 0.105 e. The van der Waals surface area contributed by atoms with Crippen molar-refractivity contribution in [2.24, 2.45) is 0 Å². The van der Waals surface area contributed by atoms with E-state index in [1.165, 1.54) is 0 Å². The van der Waals surface area contributed by atoms with Crippen molar-refractivity contribution in [3.05, 3.63) is 23.7 Å². The molecular formula is C12H21NO3. The van der Waals surface area contributed by atoms with E-state index in [0.717, 1.165) is 24.5 Å². The molecule has 0 bridgehead atoms. The zero-order chi connectivity index (χ0) is 12.0. The number of aliphatic hydroxyl groups is 2. The molecule has 0 saturated carbocycles. The SMILES string of the molecule is Cc1ccc(CCN(C)C(CO)CCO)o1. The van der Waals surface area contributed by atoms with Gasteiger partial charge in [0.05, 0.1) is 6.61 Å². The van der Waals surface area contributed by atoms with Gasteiger partial charge in [0.1, 0.15) is 11.5 Å². The number of furan rings is 1. The van der Waals surface area contributed by atoms with Crippen LogP contribution in [0.4, 0.5) is 0 Å². The molecule has 0 amide bonds. The summed E-state index contributed by atoms with van der Waals surface area (Å²) in [6.07, 6.45) is 1.43. The lowest BCUT2D eigenvalue weighted by molar-refractivity contribution is 0.119. The van der Waals surface area contributed by atoms with E-state index in [1.54, 1.807) is 0 Å². The van der Waals surface area contributed by atoms with Crippen LogP contribution in [-0.2, 0) is 6.42 Å². The van der Waals surface area contributed by atoms with Crippen LogP contribution in [0.25, 0.3) is 0 Å². The largest absolute Gasteiger partial charge is 0.466 e. The molecule has 1 unspecified atom stereocenters. The molecule has 1 rings (SSSR count). The van der Waals surface area contributed by atoms with E-state index in [1.807, 2.05) is 31.0 Å². The average Bonchev–Trinajstić information content (AvgIpc) is 2.68. The zero-order valence-corrected chi connectivity index (χ0v) is 10.0. The summed E-state index contributed by atoms with van der Waals surface area (Å²) in [5.41, 5.74) is 0. The summed E-state index contributed by atoms with van der Waals surface area (Å²) in [5.74, 6) is 1.89. The lowest BCUT2D eigenvalue weighted by atomic mass is 10.2. The van der Waals surface area contributed by atoms with E-state index < -0.39 is 0 Å². The van der Waals surface area contributed by atoms with Gasteiger partial charge in [-0.25, -0.2) is 0 Å². The number of rotatable bonds is 7. The lowest BCUT2D eigenvalue weighted by Gasteiger charge is -2.25. The van der Waals surface area contributed by atoms with Crippen LogP contribution >= 0.6 is 0 Å². The molecule has 0 aliphatic rings. The third-order valence-electron chi connectivity index (χ3n) is 2.80. The number of nitrogens with zero attached hydrogens (tertiary/aromatic N) is 1. The molecule has 0 saturated heterocycles. The molecule has 1 atom stereocenters. The van der Waals surface area contributed by atoms with Crippen LogP contribution in [0.1, 0.15) is 17.9 Å². The second-order valence-electron chi connectivity index (χ2n) is 4.09. The topological polar surface area (TPSA) is 56.8 Å². The van der Waals surface area contributed by atoms with Crippen molar-refractivity contribution < 1.29 is 14.6 Å². The second-order valence-corrected chi connectivity index (χ2v) is 4.09. The molecule has 2 N–H and O–H groups in total. The first-order chi connectivity index (χ1) is 7.67. The van der Waals surface area contributed by atoms with Gasteiger partial charge in [-0.05, 0) is 32.5 Å². The van der Waals surface area contributed by atoms with Crippen molar-refractivity contribution in [2.75, 3.05) is 26.8 Å². The Kier molecular flexibility index (Phi) is 5.52. The maximum absolute atomic E-state index is 9.15. The average molecular weight is 227 g/mol. The molecule has 16 heavy (non-hydrogen) atoms. The number of hydrogen-bond donors (Lipinski definition) is 2. The monoisotopic (exact) mass is 227 g/mol. The molecule has 4 heteroatoms. The summed E-state index contributed by atoms with van der Waals surface area (Å²) in [7, 11) is 1.95. The summed E-state index contributed by atoms with van der Waals surface area (Å²) < 4.78 is 5.47. The fourth-order valence-electron chi connectivity index (χ4n) is 1.69. The molecular weight excluding hydrogens is 206 g/mol. The van der Waals surface area contributed by atoms with E-state index in [-0.39, 0.29) is 19.3 Å². The Hall–Kier alpha value is -0.840. The highest BCUT2D eigenvalue weighted by atomic mass is 16.3. The predicted molar refractivity (Wildman–Crippen MR) is 62.4 cm³/mol. The standard InChI is InChI=1S/C12H21NO3/c1-10-3-4-12(16-10)5-7-13(2)11(9-15)6-8-14/h3-4,11,14-15H,5-9H2,1-2H3. The molecule has 1 heterocycles. The van der Waals surface area contributed by atoms with Gasteiger partial charge in [0.25, 0.3) is 0 Å². The van der Waals surface area contributed by atoms with Crippen LogP contribution in [0.3, 0.4) is 0 Å².